The minimum atomic E-state index is -0.164. The van der Waals surface area contributed by atoms with Gasteiger partial charge in [-0.15, -0.1) is 0 Å². The van der Waals surface area contributed by atoms with E-state index in [4.69, 9.17) is 4.74 Å². The molecule has 6 nitrogen and oxygen atoms in total. The summed E-state index contributed by atoms with van der Waals surface area (Å²) in [6.45, 7) is 6.22. The maximum Gasteiger partial charge on any atom is 0.262 e. The number of pyridine rings is 1. The lowest BCUT2D eigenvalue weighted by atomic mass is 10.0. The van der Waals surface area contributed by atoms with E-state index >= 15 is 0 Å². The molecule has 1 fully saturated rings. The molecule has 1 aromatic heterocycles. The molecule has 5 rings (SSSR count). The quantitative estimate of drug-likeness (QED) is 0.438. The van der Waals surface area contributed by atoms with Crippen LogP contribution in [0.15, 0.2) is 83.8 Å². The summed E-state index contributed by atoms with van der Waals surface area (Å²) >= 11 is 0. The molecule has 1 amide bonds. The minimum absolute atomic E-state index is 0.0615. The number of fused-ring (bicyclic) bond motifs is 1. The van der Waals surface area contributed by atoms with Crippen LogP contribution in [0.25, 0.3) is 16.5 Å². The van der Waals surface area contributed by atoms with E-state index in [2.05, 4.69) is 43.0 Å². The smallest absolute Gasteiger partial charge is 0.262 e. The monoisotopic (exact) mass is 467 g/mol. The highest BCUT2D eigenvalue weighted by atomic mass is 16.5. The Labute approximate surface area is 205 Å². The number of hydrogen-bond acceptors (Lipinski definition) is 4. The Hall–Kier alpha value is -4.06. The van der Waals surface area contributed by atoms with Gasteiger partial charge < -0.3 is 14.5 Å². The van der Waals surface area contributed by atoms with Crippen LogP contribution in [0, 0.1) is 6.92 Å². The van der Waals surface area contributed by atoms with E-state index in [1.807, 2.05) is 41.3 Å². The van der Waals surface area contributed by atoms with Crippen LogP contribution < -0.4 is 15.2 Å². The molecule has 0 bridgehead atoms. The van der Waals surface area contributed by atoms with Crippen molar-refractivity contribution in [2.24, 2.45) is 0 Å². The highest BCUT2D eigenvalue weighted by Crippen LogP contribution is 2.25. The van der Waals surface area contributed by atoms with Crippen LogP contribution in [-0.2, 0) is 0 Å². The summed E-state index contributed by atoms with van der Waals surface area (Å²) in [4.78, 5) is 31.4. The Balaban J connectivity index is 1.51. The fourth-order valence-corrected chi connectivity index (χ4v) is 4.92. The van der Waals surface area contributed by atoms with Gasteiger partial charge in [0.05, 0.1) is 18.4 Å². The molecule has 6 heteroatoms. The van der Waals surface area contributed by atoms with Crippen molar-refractivity contribution in [1.29, 1.82) is 0 Å². The Kier molecular flexibility index (Phi) is 6.03. The molecule has 1 saturated heterocycles. The first-order valence-electron chi connectivity index (χ1n) is 11.9. The van der Waals surface area contributed by atoms with Crippen molar-refractivity contribution in [3.8, 4) is 11.4 Å². The molecule has 0 saturated carbocycles. The van der Waals surface area contributed by atoms with Crippen molar-refractivity contribution in [1.82, 2.24) is 9.47 Å². The number of carbonyl (C=O) groups excluding carboxylic acids is 1. The molecular formula is C29H29N3O3. The van der Waals surface area contributed by atoms with Gasteiger partial charge in [-0.25, -0.2) is 0 Å². The summed E-state index contributed by atoms with van der Waals surface area (Å²) in [7, 11) is 1.59. The average Bonchev–Trinajstić information content (AvgIpc) is 2.88. The topological polar surface area (TPSA) is 54.8 Å². The van der Waals surface area contributed by atoms with Gasteiger partial charge in [-0.05, 0) is 49.7 Å². The molecule has 35 heavy (non-hydrogen) atoms. The molecule has 3 aromatic carbocycles. The summed E-state index contributed by atoms with van der Waals surface area (Å²) in [6.07, 6.45) is 1.68. The maximum atomic E-state index is 13.8. The number of piperazine rings is 1. The highest BCUT2D eigenvalue weighted by molar-refractivity contribution is 6.06. The Morgan fingerprint density at radius 3 is 2.40 bits per heavy atom. The lowest BCUT2D eigenvalue weighted by molar-refractivity contribution is 0.0727. The van der Waals surface area contributed by atoms with Crippen molar-refractivity contribution >= 4 is 22.4 Å². The first kappa shape index (κ1) is 22.7. The van der Waals surface area contributed by atoms with Crippen molar-refractivity contribution in [2.45, 2.75) is 19.9 Å². The predicted molar refractivity (Wildman–Crippen MR) is 140 cm³/mol. The summed E-state index contributed by atoms with van der Waals surface area (Å²) in [5, 5.41) is 1.20. The zero-order valence-corrected chi connectivity index (χ0v) is 20.3. The number of aryl methyl sites for hydroxylation is 1. The van der Waals surface area contributed by atoms with Crippen LogP contribution in [-0.4, -0.2) is 48.2 Å². The lowest BCUT2D eigenvalue weighted by Crippen LogP contribution is -2.54. The molecule has 2 heterocycles. The van der Waals surface area contributed by atoms with E-state index in [-0.39, 0.29) is 17.5 Å². The van der Waals surface area contributed by atoms with E-state index in [1.165, 1.54) is 11.3 Å². The number of nitrogens with zero attached hydrogens (tertiary/aromatic N) is 3. The standard InChI is InChI=1S/C29H29N3O3/c1-20-8-6-9-22(16-20)31-15-14-30(18-21(31)2)28(33)27-19-32(23-10-7-11-24(17-23)35-3)29(34)26-13-5-4-12-25(26)27/h4-13,16-17,19,21H,14-15,18H2,1-3H3/t21-/m0/s1. The molecule has 1 aliphatic heterocycles. The Morgan fingerprint density at radius 1 is 0.914 bits per heavy atom. The van der Waals surface area contributed by atoms with Gasteiger partial charge in [0.1, 0.15) is 5.75 Å². The molecule has 0 N–H and O–H groups in total. The maximum absolute atomic E-state index is 13.8. The zero-order valence-electron chi connectivity index (χ0n) is 20.3. The van der Waals surface area contributed by atoms with Crippen LogP contribution >= 0.6 is 0 Å². The number of amides is 1. The predicted octanol–water partition coefficient (Wildman–Crippen LogP) is 4.66. The number of rotatable bonds is 4. The fourth-order valence-electron chi connectivity index (χ4n) is 4.92. The van der Waals surface area contributed by atoms with Crippen molar-refractivity contribution in [3.63, 3.8) is 0 Å². The summed E-state index contributed by atoms with van der Waals surface area (Å²) < 4.78 is 6.89. The highest BCUT2D eigenvalue weighted by Gasteiger charge is 2.29. The van der Waals surface area contributed by atoms with Crippen molar-refractivity contribution in [2.75, 3.05) is 31.6 Å². The second kappa shape index (κ2) is 9.29. The number of aromatic nitrogens is 1. The molecule has 0 aliphatic carbocycles. The second-order valence-electron chi connectivity index (χ2n) is 9.10. The van der Waals surface area contributed by atoms with Crippen LogP contribution in [0.2, 0.25) is 0 Å². The number of benzene rings is 3. The molecule has 4 aromatic rings. The SMILES string of the molecule is COc1cccc(-n2cc(C(=O)N3CCN(c4cccc(C)c4)[C@@H](C)C3)c3ccccc3c2=O)c1. The number of hydrogen-bond donors (Lipinski definition) is 0. The molecule has 0 radical (unpaired) electrons. The molecular weight excluding hydrogens is 438 g/mol. The molecule has 1 atom stereocenters. The third-order valence-corrected chi connectivity index (χ3v) is 6.73. The normalized spacial score (nSPS) is 15.9. The molecule has 0 spiro atoms. The largest absolute Gasteiger partial charge is 0.497 e. The van der Waals surface area contributed by atoms with Gasteiger partial charge in [0.2, 0.25) is 0 Å². The molecule has 1 aliphatic rings. The first-order valence-corrected chi connectivity index (χ1v) is 11.9. The Morgan fingerprint density at radius 2 is 1.66 bits per heavy atom. The number of ether oxygens (including phenoxy) is 1. The number of carbonyl (C=O) groups is 1. The third kappa shape index (κ3) is 4.28. The summed E-state index contributed by atoms with van der Waals surface area (Å²) in [6, 6.07) is 23.3. The zero-order chi connectivity index (χ0) is 24.5. The van der Waals surface area contributed by atoms with Gasteiger partial charge in [-0.1, -0.05) is 36.4 Å². The Bertz CT molecular complexity index is 1460. The summed E-state index contributed by atoms with van der Waals surface area (Å²) in [5.74, 6) is 0.588. The van der Waals surface area contributed by atoms with Gasteiger partial charge in [0.15, 0.2) is 0 Å². The van der Waals surface area contributed by atoms with E-state index in [1.54, 1.807) is 30.0 Å². The van der Waals surface area contributed by atoms with Crippen LogP contribution in [0.5, 0.6) is 5.75 Å². The van der Waals surface area contributed by atoms with Crippen molar-refractivity contribution < 1.29 is 9.53 Å². The lowest BCUT2D eigenvalue weighted by Gasteiger charge is -2.41. The average molecular weight is 468 g/mol. The van der Waals surface area contributed by atoms with E-state index in [0.717, 1.165) is 6.54 Å². The molecule has 178 valence electrons. The molecule has 0 unspecified atom stereocenters. The van der Waals surface area contributed by atoms with Crippen molar-refractivity contribution in [3.05, 3.63) is 100 Å². The second-order valence-corrected chi connectivity index (χ2v) is 9.10. The van der Waals surface area contributed by atoms with E-state index < -0.39 is 0 Å². The third-order valence-electron chi connectivity index (χ3n) is 6.73. The van der Waals surface area contributed by atoms with E-state index in [0.29, 0.717) is 40.9 Å². The van der Waals surface area contributed by atoms with Gasteiger partial charge >= 0.3 is 0 Å². The van der Waals surface area contributed by atoms with Gasteiger partial charge in [0, 0.05) is 54.4 Å². The first-order chi connectivity index (χ1) is 17.0. The van der Waals surface area contributed by atoms with E-state index in [9.17, 15) is 9.59 Å². The summed E-state index contributed by atoms with van der Waals surface area (Å²) in [5.41, 5.74) is 3.43. The van der Waals surface area contributed by atoms with Crippen LogP contribution in [0.1, 0.15) is 22.8 Å². The van der Waals surface area contributed by atoms with Gasteiger partial charge in [-0.3, -0.25) is 14.2 Å². The van der Waals surface area contributed by atoms with Crippen LogP contribution in [0.3, 0.4) is 0 Å². The number of methoxy groups -OCH3 is 1. The minimum Gasteiger partial charge on any atom is -0.497 e. The number of anilines is 1. The fraction of sp³-hybridized carbons (Fsp3) is 0.241. The van der Waals surface area contributed by atoms with Gasteiger partial charge in [-0.2, -0.15) is 0 Å². The van der Waals surface area contributed by atoms with Gasteiger partial charge in [0.25, 0.3) is 11.5 Å². The van der Waals surface area contributed by atoms with Crippen LogP contribution in [0.4, 0.5) is 5.69 Å².